The van der Waals surface area contributed by atoms with Gasteiger partial charge in [0, 0.05) is 21.5 Å². The largest absolute Gasteiger partial charge is 0.302 e. The zero-order valence-electron chi connectivity index (χ0n) is 12.7. The number of halogens is 2. The van der Waals surface area contributed by atoms with Crippen molar-refractivity contribution in [1.29, 1.82) is 0 Å². The van der Waals surface area contributed by atoms with E-state index >= 15 is 0 Å². The standard InChI is InChI=1S/C16H20BrFN2S/c1-9(2)14-8-21-16(20-14)15(19-10(3)4)12-7-11(17)5-6-13(12)18/h5-10,15,19H,1-4H3. The molecule has 0 spiro atoms. The summed E-state index contributed by atoms with van der Waals surface area (Å²) in [5.41, 5.74) is 1.68. The van der Waals surface area contributed by atoms with Crippen LogP contribution < -0.4 is 5.32 Å². The van der Waals surface area contributed by atoms with Gasteiger partial charge in [0.05, 0.1) is 11.7 Å². The Morgan fingerprint density at radius 1 is 1.24 bits per heavy atom. The van der Waals surface area contributed by atoms with E-state index in [9.17, 15) is 4.39 Å². The Hall–Kier alpha value is -0.780. The number of rotatable bonds is 5. The molecule has 2 aromatic rings. The van der Waals surface area contributed by atoms with Crippen molar-refractivity contribution in [2.45, 2.75) is 45.7 Å². The maximum atomic E-state index is 14.2. The van der Waals surface area contributed by atoms with Gasteiger partial charge in [-0.2, -0.15) is 0 Å². The SMILES string of the molecule is CC(C)NC(c1nc(C(C)C)cs1)c1cc(Br)ccc1F. The van der Waals surface area contributed by atoms with Gasteiger partial charge in [-0.25, -0.2) is 9.37 Å². The van der Waals surface area contributed by atoms with Gasteiger partial charge >= 0.3 is 0 Å². The third kappa shape index (κ3) is 4.11. The van der Waals surface area contributed by atoms with Crippen LogP contribution in [0.25, 0.3) is 0 Å². The average Bonchev–Trinajstić information content (AvgIpc) is 2.88. The molecule has 1 aromatic heterocycles. The molecule has 0 aliphatic carbocycles. The van der Waals surface area contributed by atoms with Crippen molar-refractivity contribution in [3.63, 3.8) is 0 Å². The summed E-state index contributed by atoms with van der Waals surface area (Å²) in [5, 5.41) is 6.39. The predicted octanol–water partition coefficient (Wildman–Crippen LogP) is 5.26. The van der Waals surface area contributed by atoms with E-state index in [0.29, 0.717) is 11.5 Å². The van der Waals surface area contributed by atoms with E-state index in [2.05, 4.69) is 59.3 Å². The van der Waals surface area contributed by atoms with Gasteiger partial charge in [0.1, 0.15) is 10.8 Å². The predicted molar refractivity (Wildman–Crippen MR) is 90.4 cm³/mol. The van der Waals surface area contributed by atoms with Crippen LogP contribution in [0.1, 0.15) is 55.9 Å². The van der Waals surface area contributed by atoms with Crippen LogP contribution in [-0.4, -0.2) is 11.0 Å². The highest BCUT2D eigenvalue weighted by atomic mass is 79.9. The Labute approximate surface area is 137 Å². The van der Waals surface area contributed by atoms with E-state index in [-0.39, 0.29) is 17.9 Å². The van der Waals surface area contributed by atoms with Crippen molar-refractivity contribution in [2.75, 3.05) is 0 Å². The second-order valence-electron chi connectivity index (χ2n) is 5.69. The molecule has 114 valence electrons. The lowest BCUT2D eigenvalue weighted by Crippen LogP contribution is -2.29. The van der Waals surface area contributed by atoms with Gasteiger partial charge in [0.2, 0.25) is 0 Å². The highest BCUT2D eigenvalue weighted by molar-refractivity contribution is 9.10. The van der Waals surface area contributed by atoms with Crippen molar-refractivity contribution in [1.82, 2.24) is 10.3 Å². The van der Waals surface area contributed by atoms with Gasteiger partial charge in [-0.05, 0) is 38.0 Å². The fourth-order valence-electron chi connectivity index (χ4n) is 2.06. The smallest absolute Gasteiger partial charge is 0.128 e. The maximum Gasteiger partial charge on any atom is 0.128 e. The molecule has 0 fully saturated rings. The molecule has 0 saturated heterocycles. The summed E-state index contributed by atoms with van der Waals surface area (Å²) in [6.45, 7) is 8.34. The summed E-state index contributed by atoms with van der Waals surface area (Å²) < 4.78 is 15.1. The molecule has 0 saturated carbocycles. The van der Waals surface area contributed by atoms with Gasteiger partial charge in [-0.3, -0.25) is 0 Å². The van der Waals surface area contributed by atoms with Gasteiger partial charge in [-0.15, -0.1) is 11.3 Å². The summed E-state index contributed by atoms with van der Waals surface area (Å²) >= 11 is 5.00. The first kappa shape index (κ1) is 16.6. The first-order valence-corrected chi connectivity index (χ1v) is 8.72. The molecule has 0 radical (unpaired) electrons. The van der Waals surface area contributed by atoms with E-state index < -0.39 is 0 Å². The van der Waals surface area contributed by atoms with Crippen LogP contribution in [0.4, 0.5) is 4.39 Å². The lowest BCUT2D eigenvalue weighted by atomic mass is 10.1. The van der Waals surface area contributed by atoms with Gasteiger partial charge in [0.25, 0.3) is 0 Å². The van der Waals surface area contributed by atoms with E-state index in [0.717, 1.165) is 15.2 Å². The summed E-state index contributed by atoms with van der Waals surface area (Å²) in [4.78, 5) is 4.68. The summed E-state index contributed by atoms with van der Waals surface area (Å²) in [7, 11) is 0. The van der Waals surface area contributed by atoms with Crippen LogP contribution in [0.2, 0.25) is 0 Å². The Kier molecular flexibility index (Phi) is 5.52. The molecule has 0 aliphatic rings. The molecule has 0 bridgehead atoms. The zero-order chi connectivity index (χ0) is 15.6. The van der Waals surface area contributed by atoms with E-state index in [1.165, 1.54) is 6.07 Å². The van der Waals surface area contributed by atoms with Crippen LogP contribution in [0.5, 0.6) is 0 Å². The maximum absolute atomic E-state index is 14.2. The number of thiazole rings is 1. The van der Waals surface area contributed by atoms with E-state index in [1.807, 2.05) is 6.07 Å². The van der Waals surface area contributed by atoms with E-state index in [1.54, 1.807) is 17.4 Å². The summed E-state index contributed by atoms with van der Waals surface area (Å²) in [5.74, 6) is 0.166. The van der Waals surface area contributed by atoms with Crippen molar-refractivity contribution >= 4 is 27.3 Å². The number of nitrogens with one attached hydrogen (secondary N) is 1. The fourth-order valence-corrected chi connectivity index (χ4v) is 3.50. The molecule has 2 nitrogen and oxygen atoms in total. The molecule has 1 atom stereocenters. The lowest BCUT2D eigenvalue weighted by Gasteiger charge is -2.20. The Bertz CT molecular complexity index is 610. The number of nitrogens with zero attached hydrogens (tertiary/aromatic N) is 1. The van der Waals surface area contributed by atoms with Gasteiger partial charge < -0.3 is 5.32 Å². The minimum Gasteiger partial charge on any atom is -0.302 e. The van der Waals surface area contributed by atoms with E-state index in [4.69, 9.17) is 0 Å². The average molecular weight is 371 g/mol. The topological polar surface area (TPSA) is 24.9 Å². The van der Waals surface area contributed by atoms with Crippen LogP contribution in [0.15, 0.2) is 28.1 Å². The first-order chi connectivity index (χ1) is 9.88. The molecule has 1 heterocycles. The fraction of sp³-hybridized carbons (Fsp3) is 0.438. The number of hydrogen-bond donors (Lipinski definition) is 1. The monoisotopic (exact) mass is 370 g/mol. The molecule has 0 amide bonds. The van der Waals surface area contributed by atoms with Gasteiger partial charge in [-0.1, -0.05) is 29.8 Å². The third-order valence-corrected chi connectivity index (χ3v) is 4.57. The van der Waals surface area contributed by atoms with Crippen LogP contribution in [0.3, 0.4) is 0 Å². The summed E-state index contributed by atoms with van der Waals surface area (Å²) in [6.07, 6.45) is 0. The van der Waals surface area contributed by atoms with Crippen molar-refractivity contribution in [3.8, 4) is 0 Å². The van der Waals surface area contributed by atoms with Crippen molar-refractivity contribution in [3.05, 3.63) is 50.1 Å². The third-order valence-electron chi connectivity index (χ3n) is 3.15. The van der Waals surface area contributed by atoms with Crippen LogP contribution >= 0.6 is 27.3 Å². The van der Waals surface area contributed by atoms with Crippen molar-refractivity contribution < 1.29 is 4.39 Å². The molecule has 1 unspecified atom stereocenters. The Balaban J connectivity index is 2.44. The minimum atomic E-state index is -0.222. The highest BCUT2D eigenvalue weighted by Crippen LogP contribution is 2.31. The zero-order valence-corrected chi connectivity index (χ0v) is 15.1. The number of hydrogen-bond acceptors (Lipinski definition) is 3. The minimum absolute atomic E-state index is 0.211. The normalized spacial score (nSPS) is 13.1. The molecular weight excluding hydrogens is 351 g/mol. The molecule has 1 N–H and O–H groups in total. The molecular formula is C16H20BrFN2S. The van der Waals surface area contributed by atoms with Crippen LogP contribution in [0, 0.1) is 5.82 Å². The first-order valence-electron chi connectivity index (χ1n) is 7.04. The molecule has 5 heteroatoms. The molecule has 2 rings (SSSR count). The second kappa shape index (κ2) is 6.99. The van der Waals surface area contributed by atoms with Crippen LogP contribution in [-0.2, 0) is 0 Å². The molecule has 21 heavy (non-hydrogen) atoms. The quantitative estimate of drug-likeness (QED) is 0.776. The highest BCUT2D eigenvalue weighted by Gasteiger charge is 2.22. The second-order valence-corrected chi connectivity index (χ2v) is 7.49. The van der Waals surface area contributed by atoms with Crippen molar-refractivity contribution in [2.24, 2.45) is 0 Å². The lowest BCUT2D eigenvalue weighted by molar-refractivity contribution is 0.500. The molecule has 0 aliphatic heterocycles. The number of aromatic nitrogens is 1. The van der Waals surface area contributed by atoms with Gasteiger partial charge in [0.15, 0.2) is 0 Å². The summed E-state index contributed by atoms with van der Waals surface area (Å²) in [6, 6.07) is 5.05. The Morgan fingerprint density at radius 3 is 2.52 bits per heavy atom. The Morgan fingerprint density at radius 2 is 1.95 bits per heavy atom. The number of benzene rings is 1. The molecule has 1 aromatic carbocycles.